The lowest BCUT2D eigenvalue weighted by Gasteiger charge is -2.56. The topological polar surface area (TPSA) is 49.9 Å². The molecule has 0 N–H and O–H groups in total. The maximum atomic E-state index is 13.2. The van der Waals surface area contributed by atoms with E-state index in [1.807, 2.05) is 84.9 Å². The van der Waals surface area contributed by atoms with Crippen LogP contribution in [0.2, 0.25) is 0 Å². The first kappa shape index (κ1) is 18.6. The van der Waals surface area contributed by atoms with Crippen LogP contribution < -0.4 is 4.90 Å². The summed E-state index contributed by atoms with van der Waals surface area (Å²) in [4.78, 5) is 29.4. The van der Waals surface area contributed by atoms with Gasteiger partial charge < -0.3 is 14.5 Å². The van der Waals surface area contributed by atoms with Crippen molar-refractivity contribution in [1.29, 1.82) is 0 Å². The monoisotopic (exact) mass is 398 g/mol. The number of ether oxygens (including phenoxy) is 1. The summed E-state index contributed by atoms with van der Waals surface area (Å²) in [5, 5.41) is 0. The molecule has 5 heteroatoms. The fourth-order valence-electron chi connectivity index (χ4n) is 4.62. The molecule has 3 aromatic carbocycles. The average Bonchev–Trinajstić information content (AvgIpc) is 2.88. The highest BCUT2D eigenvalue weighted by Crippen LogP contribution is 2.52. The highest BCUT2D eigenvalue weighted by atomic mass is 16.5. The molecule has 2 heterocycles. The van der Waals surface area contributed by atoms with Crippen molar-refractivity contribution in [3.63, 3.8) is 0 Å². The Morgan fingerprint density at radius 2 is 1.53 bits per heavy atom. The quantitative estimate of drug-likeness (QED) is 0.634. The van der Waals surface area contributed by atoms with Crippen LogP contribution in [0.5, 0.6) is 0 Å². The molecule has 30 heavy (non-hydrogen) atoms. The molecule has 0 saturated carbocycles. The van der Waals surface area contributed by atoms with Gasteiger partial charge in [0.2, 0.25) is 5.91 Å². The Morgan fingerprint density at radius 1 is 0.900 bits per heavy atom. The van der Waals surface area contributed by atoms with Crippen LogP contribution in [0.3, 0.4) is 0 Å². The fourth-order valence-corrected chi connectivity index (χ4v) is 4.62. The summed E-state index contributed by atoms with van der Waals surface area (Å²) in [6, 6.07) is 27.5. The first-order valence-electron chi connectivity index (χ1n) is 10.0. The molecule has 2 atom stereocenters. The van der Waals surface area contributed by atoms with E-state index in [1.54, 1.807) is 16.8 Å². The maximum Gasteiger partial charge on any atom is 0.256 e. The molecule has 2 amide bonds. The van der Waals surface area contributed by atoms with Gasteiger partial charge in [-0.1, -0.05) is 78.9 Å². The van der Waals surface area contributed by atoms with Gasteiger partial charge in [-0.2, -0.15) is 0 Å². The van der Waals surface area contributed by atoms with E-state index in [2.05, 4.69) is 0 Å². The predicted octanol–water partition coefficient (Wildman–Crippen LogP) is 3.33. The van der Waals surface area contributed by atoms with Gasteiger partial charge >= 0.3 is 0 Å². The zero-order chi connectivity index (χ0) is 20.7. The molecule has 5 rings (SSSR count). The summed E-state index contributed by atoms with van der Waals surface area (Å²) in [6.07, 6.45) is -0.708. The van der Waals surface area contributed by atoms with Crippen molar-refractivity contribution in [2.45, 2.75) is 18.2 Å². The molecule has 0 aromatic heterocycles. The number of para-hydroxylation sites is 1. The van der Waals surface area contributed by atoms with Gasteiger partial charge in [-0.25, -0.2) is 0 Å². The Bertz CT molecular complexity index is 1100. The number of fused-ring (bicyclic) bond motifs is 3. The highest BCUT2D eigenvalue weighted by Gasteiger charge is 2.65. The molecule has 2 aliphatic rings. The number of hydrogen-bond acceptors (Lipinski definition) is 3. The van der Waals surface area contributed by atoms with Crippen molar-refractivity contribution < 1.29 is 14.3 Å². The molecule has 2 aliphatic heterocycles. The molecular weight excluding hydrogens is 376 g/mol. The molecule has 1 saturated heterocycles. The number of rotatable bonds is 4. The summed E-state index contributed by atoms with van der Waals surface area (Å²) in [7, 11) is 1.76. The fraction of sp³-hybridized carbons (Fsp3) is 0.200. The van der Waals surface area contributed by atoms with Gasteiger partial charge in [-0.05, 0) is 17.2 Å². The molecule has 0 radical (unpaired) electrons. The summed E-state index contributed by atoms with van der Waals surface area (Å²) in [5.74, 6) is -0.275. The van der Waals surface area contributed by atoms with Crippen LogP contribution in [0.4, 0.5) is 5.69 Å². The van der Waals surface area contributed by atoms with Crippen LogP contribution in [0, 0.1) is 0 Å². The van der Waals surface area contributed by atoms with Crippen molar-refractivity contribution >= 4 is 17.5 Å². The Kier molecular flexibility index (Phi) is 4.40. The van der Waals surface area contributed by atoms with E-state index in [-0.39, 0.29) is 18.4 Å². The van der Waals surface area contributed by atoms with Crippen LogP contribution >= 0.6 is 0 Å². The van der Waals surface area contributed by atoms with Crippen LogP contribution in [0.25, 0.3) is 0 Å². The smallest absolute Gasteiger partial charge is 0.256 e. The number of β-lactam (4-membered cyclic amide) rings is 1. The third-order valence-electron chi connectivity index (χ3n) is 6.11. The largest absolute Gasteiger partial charge is 0.360 e. The number of likely N-dealkylation sites (N-methyl/N-ethyl adjacent to an activating group) is 1. The van der Waals surface area contributed by atoms with Crippen molar-refractivity contribution in [2.24, 2.45) is 0 Å². The molecule has 0 unspecified atom stereocenters. The van der Waals surface area contributed by atoms with Gasteiger partial charge in [0.1, 0.15) is 12.1 Å². The first-order valence-corrected chi connectivity index (χ1v) is 10.0. The van der Waals surface area contributed by atoms with E-state index in [9.17, 15) is 9.59 Å². The third kappa shape index (κ3) is 2.59. The SMILES string of the molecule is CN1C(=O)CN2C(=O)[C@@H](OCc3ccccc3)[C@@]2(c2ccccc2)c2ccccc21. The minimum atomic E-state index is -0.843. The molecular formula is C25H22N2O3. The zero-order valence-corrected chi connectivity index (χ0v) is 16.7. The van der Waals surface area contributed by atoms with Crippen LogP contribution in [0.1, 0.15) is 16.7 Å². The number of carbonyl (C=O) groups excluding carboxylic acids is 2. The second-order valence-electron chi connectivity index (χ2n) is 7.70. The number of nitrogens with zero attached hydrogens (tertiary/aromatic N) is 2. The number of hydrogen-bond donors (Lipinski definition) is 0. The lowest BCUT2D eigenvalue weighted by atomic mass is 9.69. The Balaban J connectivity index is 1.67. The van der Waals surface area contributed by atoms with Gasteiger partial charge in [0.05, 0.1) is 6.61 Å². The summed E-state index contributed by atoms with van der Waals surface area (Å²) < 4.78 is 6.27. The Labute approximate surface area is 175 Å². The molecule has 150 valence electrons. The lowest BCUT2D eigenvalue weighted by molar-refractivity contribution is -0.192. The predicted molar refractivity (Wildman–Crippen MR) is 114 cm³/mol. The highest BCUT2D eigenvalue weighted by molar-refractivity contribution is 6.04. The lowest BCUT2D eigenvalue weighted by Crippen LogP contribution is -2.73. The maximum absolute atomic E-state index is 13.2. The number of anilines is 1. The van der Waals surface area contributed by atoms with Crippen molar-refractivity contribution in [3.8, 4) is 0 Å². The van der Waals surface area contributed by atoms with E-state index in [0.29, 0.717) is 6.61 Å². The molecule has 1 fully saturated rings. The number of amides is 2. The average molecular weight is 398 g/mol. The summed E-state index contributed by atoms with van der Waals surface area (Å²) in [6.45, 7) is 0.343. The molecule has 3 aromatic rings. The molecule has 5 nitrogen and oxygen atoms in total. The Hall–Kier alpha value is -3.44. The molecule has 0 bridgehead atoms. The van der Waals surface area contributed by atoms with E-state index in [0.717, 1.165) is 22.4 Å². The van der Waals surface area contributed by atoms with Crippen LogP contribution in [-0.2, 0) is 26.5 Å². The molecule has 0 spiro atoms. The summed E-state index contributed by atoms with van der Waals surface area (Å²) in [5.41, 5.74) is 2.81. The van der Waals surface area contributed by atoms with E-state index >= 15 is 0 Å². The van der Waals surface area contributed by atoms with E-state index in [1.165, 1.54) is 0 Å². The van der Waals surface area contributed by atoms with Crippen molar-refractivity contribution in [2.75, 3.05) is 18.5 Å². The van der Waals surface area contributed by atoms with Gasteiger partial charge in [0.15, 0.2) is 6.10 Å². The number of benzene rings is 3. The van der Waals surface area contributed by atoms with E-state index in [4.69, 9.17) is 4.74 Å². The van der Waals surface area contributed by atoms with Crippen LogP contribution in [0.15, 0.2) is 84.9 Å². The van der Waals surface area contributed by atoms with Gasteiger partial charge in [-0.15, -0.1) is 0 Å². The van der Waals surface area contributed by atoms with Crippen molar-refractivity contribution in [3.05, 3.63) is 102 Å². The normalized spacial score (nSPS) is 22.8. The molecule has 0 aliphatic carbocycles. The third-order valence-corrected chi connectivity index (χ3v) is 6.11. The minimum absolute atomic E-state index is 0.0180. The first-order chi connectivity index (χ1) is 14.6. The second-order valence-corrected chi connectivity index (χ2v) is 7.70. The van der Waals surface area contributed by atoms with Gasteiger partial charge in [0, 0.05) is 18.3 Å². The zero-order valence-electron chi connectivity index (χ0n) is 16.7. The second kappa shape index (κ2) is 7.11. The van der Waals surface area contributed by atoms with E-state index < -0.39 is 11.6 Å². The standard InChI is InChI=1S/C25H22N2O3/c1-26-21-15-9-8-14-20(21)25(19-12-6-3-7-13-19)23(24(29)27(25)16-22(26)28)30-17-18-10-4-2-5-11-18/h2-15,23H,16-17H2,1H3/t23-,25-/m1/s1. The van der Waals surface area contributed by atoms with Gasteiger partial charge in [-0.3, -0.25) is 9.59 Å². The van der Waals surface area contributed by atoms with Crippen molar-refractivity contribution in [1.82, 2.24) is 4.90 Å². The minimum Gasteiger partial charge on any atom is -0.360 e. The van der Waals surface area contributed by atoms with Gasteiger partial charge in [0.25, 0.3) is 5.91 Å². The Morgan fingerprint density at radius 3 is 2.27 bits per heavy atom. The number of carbonyl (C=O) groups is 2. The van der Waals surface area contributed by atoms with Crippen LogP contribution in [-0.4, -0.2) is 36.4 Å². The summed E-state index contributed by atoms with van der Waals surface area (Å²) >= 11 is 0.